The van der Waals surface area contributed by atoms with Crippen molar-refractivity contribution in [3.05, 3.63) is 0 Å². The van der Waals surface area contributed by atoms with Crippen LogP contribution in [0, 0.1) is 0 Å². The molecular formula is C6H17BO. The van der Waals surface area contributed by atoms with Gasteiger partial charge in [0.05, 0.1) is 0 Å². The standard InChI is InChI=1S/C4H9BO.2CH4/c1-2-3-4-6-5;;/h2-4H2,1H3;2*1H4. The van der Waals surface area contributed by atoms with E-state index in [2.05, 4.69) is 11.6 Å². The predicted molar refractivity (Wildman–Crippen MR) is 40.1 cm³/mol. The molecule has 0 aliphatic rings. The first-order chi connectivity index (χ1) is 2.91. The molecule has 0 bridgehead atoms. The van der Waals surface area contributed by atoms with E-state index in [4.69, 9.17) is 8.05 Å². The Morgan fingerprint density at radius 3 is 2.00 bits per heavy atom. The van der Waals surface area contributed by atoms with Crippen LogP contribution in [0.1, 0.15) is 34.6 Å². The highest BCUT2D eigenvalue weighted by Crippen LogP contribution is 1.82. The fourth-order valence-corrected chi connectivity index (χ4v) is 0.228. The Hall–Kier alpha value is 0.0249. The number of hydrogen-bond acceptors (Lipinski definition) is 1. The molecule has 0 aliphatic carbocycles. The van der Waals surface area contributed by atoms with Crippen LogP contribution in [0.5, 0.6) is 0 Å². The summed E-state index contributed by atoms with van der Waals surface area (Å²) < 4.78 is 4.28. The highest BCUT2D eigenvalue weighted by molar-refractivity contribution is 5.97. The average Bonchev–Trinajstić information content (AvgIpc) is 1.61. The molecule has 50 valence electrons. The molecular weight excluding hydrogens is 98.9 g/mol. The van der Waals surface area contributed by atoms with Crippen LogP contribution in [0.25, 0.3) is 0 Å². The molecule has 0 aromatic rings. The molecule has 2 radical (unpaired) electrons. The summed E-state index contributed by atoms with van der Waals surface area (Å²) >= 11 is 0. The van der Waals surface area contributed by atoms with Gasteiger partial charge < -0.3 is 4.65 Å². The van der Waals surface area contributed by atoms with Crippen molar-refractivity contribution in [3.8, 4) is 0 Å². The second kappa shape index (κ2) is 15.7. The monoisotopic (exact) mass is 116 g/mol. The molecule has 0 aromatic carbocycles. The minimum atomic E-state index is 0. The van der Waals surface area contributed by atoms with Gasteiger partial charge in [-0.3, -0.25) is 0 Å². The predicted octanol–water partition coefficient (Wildman–Crippen LogP) is 2.16. The minimum absolute atomic E-state index is 0. The molecule has 0 amide bonds. The van der Waals surface area contributed by atoms with E-state index in [1.165, 1.54) is 0 Å². The number of rotatable bonds is 3. The molecule has 0 atom stereocenters. The normalized spacial score (nSPS) is 6.62. The molecule has 0 saturated carbocycles. The summed E-state index contributed by atoms with van der Waals surface area (Å²) in [5, 5.41) is 0. The van der Waals surface area contributed by atoms with Crippen LogP contribution in [-0.4, -0.2) is 14.7 Å². The SMILES string of the molecule is C.C.[B]OCCCC. The van der Waals surface area contributed by atoms with Crippen molar-refractivity contribution in [2.24, 2.45) is 0 Å². The van der Waals surface area contributed by atoms with Crippen LogP contribution in [0.4, 0.5) is 0 Å². The van der Waals surface area contributed by atoms with Gasteiger partial charge in [0.2, 0.25) is 0 Å². The van der Waals surface area contributed by atoms with Crippen molar-refractivity contribution < 1.29 is 4.65 Å². The first-order valence-electron chi connectivity index (χ1n) is 2.23. The Morgan fingerprint density at radius 1 is 1.38 bits per heavy atom. The third-order valence-corrected chi connectivity index (χ3v) is 0.616. The van der Waals surface area contributed by atoms with E-state index in [0.717, 1.165) is 12.8 Å². The highest BCUT2D eigenvalue weighted by atomic mass is 16.4. The Kier molecular flexibility index (Phi) is 30.9. The molecule has 0 saturated heterocycles. The minimum Gasteiger partial charge on any atom is -0.448 e. The zero-order chi connectivity index (χ0) is 4.83. The zero-order valence-corrected chi connectivity index (χ0v) is 4.11. The van der Waals surface area contributed by atoms with Gasteiger partial charge in [-0.2, -0.15) is 0 Å². The first-order valence-corrected chi connectivity index (χ1v) is 2.23. The smallest absolute Gasteiger partial charge is 0.282 e. The van der Waals surface area contributed by atoms with Crippen molar-refractivity contribution in [2.75, 3.05) is 6.61 Å². The van der Waals surface area contributed by atoms with Gasteiger partial charge in [0, 0.05) is 6.61 Å². The van der Waals surface area contributed by atoms with Crippen LogP contribution in [0.2, 0.25) is 0 Å². The van der Waals surface area contributed by atoms with E-state index in [9.17, 15) is 0 Å². The third kappa shape index (κ3) is 16.6. The molecule has 0 N–H and O–H groups in total. The maximum atomic E-state index is 4.71. The third-order valence-electron chi connectivity index (χ3n) is 0.616. The van der Waals surface area contributed by atoms with Gasteiger partial charge in [0.1, 0.15) is 0 Å². The van der Waals surface area contributed by atoms with Crippen molar-refractivity contribution in [3.63, 3.8) is 0 Å². The van der Waals surface area contributed by atoms with Gasteiger partial charge in [-0.05, 0) is 6.42 Å². The summed E-state index contributed by atoms with van der Waals surface area (Å²) in [5.74, 6) is 0. The lowest BCUT2D eigenvalue weighted by Gasteiger charge is -1.90. The fraction of sp³-hybridized carbons (Fsp3) is 1.00. The van der Waals surface area contributed by atoms with Crippen LogP contribution in [-0.2, 0) is 4.65 Å². The molecule has 0 unspecified atom stereocenters. The molecule has 0 heterocycles. The molecule has 0 aliphatic heterocycles. The molecule has 0 rings (SSSR count). The fourth-order valence-electron chi connectivity index (χ4n) is 0.228. The first kappa shape index (κ1) is 15.7. The number of unbranched alkanes of at least 4 members (excludes halogenated alkanes) is 1. The van der Waals surface area contributed by atoms with Gasteiger partial charge in [0.25, 0.3) is 8.05 Å². The summed E-state index contributed by atoms with van der Waals surface area (Å²) in [4.78, 5) is 0. The molecule has 0 spiro atoms. The topological polar surface area (TPSA) is 9.23 Å². The lowest BCUT2D eigenvalue weighted by Crippen LogP contribution is -1.85. The van der Waals surface area contributed by atoms with Crippen molar-refractivity contribution in [1.29, 1.82) is 0 Å². The van der Waals surface area contributed by atoms with Crippen LogP contribution >= 0.6 is 0 Å². The lowest BCUT2D eigenvalue weighted by atomic mass is 10.3. The number of hydrogen-bond donors (Lipinski definition) is 0. The highest BCUT2D eigenvalue weighted by Gasteiger charge is 1.74. The summed E-state index contributed by atoms with van der Waals surface area (Å²) in [5.41, 5.74) is 0. The van der Waals surface area contributed by atoms with Crippen LogP contribution < -0.4 is 0 Å². The van der Waals surface area contributed by atoms with E-state index in [0.29, 0.717) is 6.61 Å². The van der Waals surface area contributed by atoms with Gasteiger partial charge in [0.15, 0.2) is 0 Å². The van der Waals surface area contributed by atoms with E-state index in [1.807, 2.05) is 0 Å². The Labute approximate surface area is 54.9 Å². The summed E-state index contributed by atoms with van der Waals surface area (Å²) in [6, 6.07) is 0. The van der Waals surface area contributed by atoms with Crippen LogP contribution in [0.15, 0.2) is 0 Å². The van der Waals surface area contributed by atoms with Crippen molar-refractivity contribution in [1.82, 2.24) is 0 Å². The van der Waals surface area contributed by atoms with Gasteiger partial charge in [-0.25, -0.2) is 0 Å². The second-order valence-electron chi connectivity index (χ2n) is 1.22. The Morgan fingerprint density at radius 2 is 1.88 bits per heavy atom. The van der Waals surface area contributed by atoms with Gasteiger partial charge >= 0.3 is 0 Å². The van der Waals surface area contributed by atoms with Gasteiger partial charge in [-0.15, -0.1) is 0 Å². The van der Waals surface area contributed by atoms with E-state index in [-0.39, 0.29) is 14.9 Å². The average molecular weight is 116 g/mol. The largest absolute Gasteiger partial charge is 0.448 e. The van der Waals surface area contributed by atoms with E-state index >= 15 is 0 Å². The Bertz CT molecular complexity index is 20.5. The van der Waals surface area contributed by atoms with E-state index < -0.39 is 0 Å². The lowest BCUT2D eigenvalue weighted by molar-refractivity contribution is 0.339. The van der Waals surface area contributed by atoms with E-state index in [1.54, 1.807) is 0 Å². The Balaban J connectivity index is -0.000000125. The van der Waals surface area contributed by atoms with Crippen molar-refractivity contribution >= 4 is 8.05 Å². The van der Waals surface area contributed by atoms with Crippen LogP contribution in [0.3, 0.4) is 0 Å². The van der Waals surface area contributed by atoms with Gasteiger partial charge in [-0.1, -0.05) is 28.2 Å². The molecule has 8 heavy (non-hydrogen) atoms. The van der Waals surface area contributed by atoms with Crippen molar-refractivity contribution in [2.45, 2.75) is 34.6 Å². The quantitative estimate of drug-likeness (QED) is 0.405. The molecule has 2 heteroatoms. The molecule has 1 nitrogen and oxygen atoms in total. The zero-order valence-electron chi connectivity index (χ0n) is 4.11. The summed E-state index contributed by atoms with van der Waals surface area (Å²) in [6.45, 7) is 2.79. The maximum Gasteiger partial charge on any atom is 0.282 e. The second-order valence-corrected chi connectivity index (χ2v) is 1.22. The summed E-state index contributed by atoms with van der Waals surface area (Å²) in [7, 11) is 4.71. The molecule has 0 aromatic heterocycles. The maximum absolute atomic E-state index is 4.71. The summed E-state index contributed by atoms with van der Waals surface area (Å²) in [6.07, 6.45) is 2.22. The molecule has 0 fully saturated rings.